The summed E-state index contributed by atoms with van der Waals surface area (Å²) in [5.74, 6) is -21.9. The number of aromatic amines is 1. The van der Waals surface area contributed by atoms with Gasteiger partial charge in [0.1, 0.15) is 102 Å². The average molecular weight is 1950 g/mol. The highest BCUT2D eigenvalue weighted by atomic mass is 16.3. The molecule has 0 aliphatic rings. The highest BCUT2D eigenvalue weighted by molar-refractivity contribution is 6.02. The van der Waals surface area contributed by atoms with E-state index in [9.17, 15) is 97.1 Å². The number of rotatable bonds is 63. The molecular formula is C87H141N29O22. The summed E-state index contributed by atoms with van der Waals surface area (Å²) in [4.78, 5) is 271. The van der Waals surface area contributed by atoms with Crippen molar-refractivity contribution >= 4 is 124 Å². The van der Waals surface area contributed by atoms with E-state index in [0.29, 0.717) is 11.1 Å². The smallest absolute Gasteiger partial charge is 0.245 e. The maximum Gasteiger partial charge on any atom is 0.245 e. The van der Waals surface area contributed by atoms with Gasteiger partial charge in [0.2, 0.25) is 106 Å². The molecule has 2 aromatic carbocycles. The molecule has 0 aliphatic heterocycles. The molecule has 3 rings (SSSR count). The molecular weight excluding hydrogens is 1800 g/mol. The van der Waals surface area contributed by atoms with Gasteiger partial charge in [-0.25, -0.2) is 4.98 Å². The lowest BCUT2D eigenvalue weighted by Gasteiger charge is -2.31. The van der Waals surface area contributed by atoms with E-state index >= 15 is 9.59 Å². The number of aliphatic hydroxyl groups excluding tert-OH is 2. The van der Waals surface area contributed by atoms with Crippen molar-refractivity contribution in [3.05, 3.63) is 77.9 Å². The van der Waals surface area contributed by atoms with Crippen LogP contribution in [0.3, 0.4) is 0 Å². The van der Waals surface area contributed by atoms with Gasteiger partial charge in [-0.15, -0.1) is 0 Å². The summed E-state index contributed by atoms with van der Waals surface area (Å²) in [5.41, 5.74) is 51.4. The number of nitrogens with zero attached hydrogens (tertiary/aromatic N) is 4. The molecule has 0 aliphatic carbocycles. The number of hydrogen-bond acceptors (Lipinski definition) is 26. The quantitative estimate of drug-likeness (QED) is 0.0142. The van der Waals surface area contributed by atoms with E-state index < -0.39 is 247 Å². The van der Waals surface area contributed by atoms with Crippen molar-refractivity contribution in [3.8, 4) is 11.5 Å². The zero-order valence-electron chi connectivity index (χ0n) is 79.6. The first-order valence-electron chi connectivity index (χ1n) is 45.2. The SMILES string of the molecule is CC[C@H](C)[C@H](NC(=O)[C@H](Cc1ccc(O)cc1)NC(=O)[C@H](Cc1cnc[nH]1)NC(=O)[C@H](CCCN=C(N)N)NC(=O)[C@H](CC(C)C)NC(=O)[C@H](CO)NC(=O)[C@H](C)NC(C)=O)C(=O)N[C@@H](CC(N)=O)C(=O)N[C@@H](CC(C)C)C(=O)N[C@H](C(=O)N[C@H](C(=O)N[C@@H](CCCN=C(N)N)C(=O)N[C@@H](CCC(N)=O)C(=O)N[C@@H](CCCN=C(N)N)C(=O)N[C@@H](Cc1ccc(O)cc1)C(N)=O)[C@@H](C)O)[C@@H](C)CC. The number of carbonyl (C=O) groups is 18. The third kappa shape index (κ3) is 43.8. The number of aromatic hydroxyl groups is 2. The lowest BCUT2D eigenvalue weighted by Crippen LogP contribution is -2.63. The Labute approximate surface area is 798 Å². The Hall–Kier alpha value is -14.6. The molecule has 1 aromatic heterocycles. The van der Waals surface area contributed by atoms with E-state index in [-0.39, 0.29) is 144 Å². The van der Waals surface area contributed by atoms with Crippen LogP contribution in [0, 0.1) is 23.7 Å². The maximum absolute atomic E-state index is 15.1. The number of guanidine groups is 3. The van der Waals surface area contributed by atoms with Crippen molar-refractivity contribution in [1.82, 2.24) is 89.7 Å². The molecule has 18 atom stereocenters. The van der Waals surface area contributed by atoms with Gasteiger partial charge in [0.15, 0.2) is 17.9 Å². The molecule has 0 spiro atoms. The van der Waals surface area contributed by atoms with Gasteiger partial charge in [-0.1, -0.05) is 92.5 Å². The Kier molecular flexibility index (Phi) is 51.2. The maximum atomic E-state index is 15.1. The number of aromatic nitrogens is 2. The van der Waals surface area contributed by atoms with Gasteiger partial charge in [0.25, 0.3) is 0 Å². The second kappa shape index (κ2) is 60.0. The molecule has 51 nitrogen and oxygen atoms in total. The molecule has 0 fully saturated rings. The fourth-order valence-corrected chi connectivity index (χ4v) is 13.8. The first-order chi connectivity index (χ1) is 64.9. The molecule has 0 bridgehead atoms. The van der Waals surface area contributed by atoms with E-state index in [1.54, 1.807) is 48.5 Å². The summed E-state index contributed by atoms with van der Waals surface area (Å²) in [6.45, 7) is 15.5. The molecule has 51 heteroatoms. The number of aliphatic hydroxyl groups is 2. The standard InChI is InChI=1S/C87H141N29O22/c1-12-44(7)67(114-80(134)61(36-50-22-26-53(121)27-23-50)110-77(131)62(37-51-39-97-41-101-51)111-74(128)55(18-15-31-99-86(93)94)104-76(130)59(33-42(3)4)109-81(135)64(40-117)113-71(125)46(9)102-48(11)119)82(136)112-63(38-66(89)123)78(132)108-60(34-43(5)6)79(133)115-68(45(8)13-2)83(137)116-69(47(10)118)84(138)106-56(19-16-32-100-87(95)96)72(126)105-57(28-29-65(88)122)75(129)103-54(17-14-30-98-85(91)92)73(127)107-58(70(90)124)35-49-20-24-52(120)25-21-49/h20-27,39,41-47,54-64,67-69,117-118,120-121H,12-19,28-38,40H2,1-11H3,(H2,88,122)(H2,89,123)(H2,90,124)(H,97,101)(H,102,119)(H,103,129)(H,104,130)(H,105,126)(H,106,138)(H,107,127)(H,108,132)(H,109,135)(H,110,131)(H,111,128)(H,112,136)(H,113,125)(H,114,134)(H,115,133)(H,116,137)(H4,91,92,98)(H4,93,94,99)(H4,95,96,100)/t44-,45-,46-,47+,54-,55-,56-,57-,58-,59-,60-,61-,62-,63-,64-,67-,68-,69-/m0/s1. The van der Waals surface area contributed by atoms with Gasteiger partial charge in [0, 0.05) is 64.1 Å². The van der Waals surface area contributed by atoms with Crippen LogP contribution >= 0.6 is 0 Å². The zero-order chi connectivity index (χ0) is 104. The van der Waals surface area contributed by atoms with Gasteiger partial charge >= 0.3 is 0 Å². The van der Waals surface area contributed by atoms with E-state index in [1.807, 2.05) is 0 Å². The van der Waals surface area contributed by atoms with Crippen molar-refractivity contribution in [3.63, 3.8) is 0 Å². The van der Waals surface area contributed by atoms with Gasteiger partial charge in [-0.2, -0.15) is 0 Å². The number of nitrogens with two attached hydrogens (primary N) is 9. The second-order valence-electron chi connectivity index (χ2n) is 34.5. The van der Waals surface area contributed by atoms with Crippen LogP contribution in [-0.4, -0.2) is 278 Å². The largest absolute Gasteiger partial charge is 0.508 e. The summed E-state index contributed by atoms with van der Waals surface area (Å²) in [5, 5.41) is 79.4. The highest BCUT2D eigenvalue weighted by Gasteiger charge is 2.41. The number of benzene rings is 2. The Bertz CT molecular complexity index is 4660. The van der Waals surface area contributed by atoms with Gasteiger partial charge in [-0.3, -0.25) is 101 Å². The minimum atomic E-state index is -1.96. The number of imidazole rings is 1. The molecule has 38 N–H and O–H groups in total. The first kappa shape index (κ1) is 118. The summed E-state index contributed by atoms with van der Waals surface area (Å²) in [6, 6.07) is -13.0. The number of hydrogen-bond donors (Lipinski definition) is 29. The number of aliphatic imine (C=N–C) groups is 3. The van der Waals surface area contributed by atoms with Crippen LogP contribution in [0.5, 0.6) is 11.5 Å². The van der Waals surface area contributed by atoms with Crippen molar-refractivity contribution in [1.29, 1.82) is 0 Å². The molecule has 1 heterocycles. The van der Waals surface area contributed by atoms with Gasteiger partial charge < -0.3 is 157 Å². The Morgan fingerprint density at radius 1 is 0.370 bits per heavy atom. The average Bonchev–Trinajstić information content (AvgIpc) is 0.956. The monoisotopic (exact) mass is 1940 g/mol. The number of amides is 18. The second-order valence-corrected chi connectivity index (χ2v) is 34.5. The molecule has 18 amide bonds. The minimum Gasteiger partial charge on any atom is -0.508 e. The fraction of sp³-hybridized carbons (Fsp3) is 0.586. The minimum absolute atomic E-state index is 0.0235. The van der Waals surface area contributed by atoms with Crippen LogP contribution < -0.4 is 131 Å². The van der Waals surface area contributed by atoms with Gasteiger partial charge in [0.05, 0.1) is 25.5 Å². The third-order valence-electron chi connectivity index (χ3n) is 21.7. The van der Waals surface area contributed by atoms with Crippen molar-refractivity contribution in [2.45, 2.75) is 276 Å². The van der Waals surface area contributed by atoms with Crippen LogP contribution in [0.25, 0.3) is 0 Å². The first-order valence-corrected chi connectivity index (χ1v) is 45.2. The number of carbonyl (C=O) groups excluding carboxylic acids is 18. The Morgan fingerprint density at radius 3 is 1.06 bits per heavy atom. The number of nitrogens with one attached hydrogen (secondary N) is 16. The normalized spacial score (nSPS) is 15.0. The molecule has 0 radical (unpaired) electrons. The van der Waals surface area contributed by atoms with Crippen molar-refractivity contribution in [2.24, 2.45) is 90.3 Å². The topological polar surface area (TPSA) is 869 Å². The summed E-state index contributed by atoms with van der Waals surface area (Å²) in [6.07, 6.45) is -2.79. The molecule has 138 heavy (non-hydrogen) atoms. The van der Waals surface area contributed by atoms with Crippen LogP contribution in [0.2, 0.25) is 0 Å². The summed E-state index contributed by atoms with van der Waals surface area (Å²) >= 11 is 0. The van der Waals surface area contributed by atoms with E-state index in [2.05, 4.69) is 105 Å². The fourth-order valence-electron chi connectivity index (χ4n) is 13.8. The summed E-state index contributed by atoms with van der Waals surface area (Å²) in [7, 11) is 0. The van der Waals surface area contributed by atoms with Crippen LogP contribution in [0.15, 0.2) is 76.0 Å². The molecule has 3 aromatic rings. The van der Waals surface area contributed by atoms with Crippen molar-refractivity contribution in [2.75, 3.05) is 26.2 Å². The number of H-pyrrole nitrogens is 1. The molecule has 766 valence electrons. The van der Waals surface area contributed by atoms with E-state index in [1.165, 1.54) is 74.9 Å². The summed E-state index contributed by atoms with van der Waals surface area (Å²) < 4.78 is 0. The molecule has 0 saturated heterocycles. The number of primary amides is 3. The predicted octanol–water partition coefficient (Wildman–Crippen LogP) is -8.49. The lowest BCUT2D eigenvalue weighted by atomic mass is 9.95. The van der Waals surface area contributed by atoms with E-state index in [4.69, 9.17) is 51.6 Å². The molecule has 0 unspecified atom stereocenters. The lowest BCUT2D eigenvalue weighted by molar-refractivity contribution is -0.138. The van der Waals surface area contributed by atoms with Gasteiger partial charge in [-0.05, 0) is 131 Å². The third-order valence-corrected chi connectivity index (χ3v) is 21.7. The molecule has 0 saturated carbocycles. The number of phenolic OH excluding ortho intramolecular Hbond substituents is 2. The Morgan fingerprint density at radius 2 is 0.688 bits per heavy atom. The van der Waals surface area contributed by atoms with Crippen LogP contribution in [0.4, 0.5) is 0 Å². The predicted molar refractivity (Wildman–Crippen MR) is 504 cm³/mol. The van der Waals surface area contributed by atoms with Crippen molar-refractivity contribution < 1.29 is 107 Å². The van der Waals surface area contributed by atoms with E-state index in [0.717, 1.165) is 13.8 Å². The zero-order valence-corrected chi connectivity index (χ0v) is 79.6. The Balaban J connectivity index is 2.05. The van der Waals surface area contributed by atoms with Crippen LogP contribution in [0.1, 0.15) is 176 Å². The van der Waals surface area contributed by atoms with Crippen LogP contribution in [-0.2, 0) is 106 Å². The number of phenols is 2. The highest BCUT2D eigenvalue weighted by Crippen LogP contribution is 2.20.